The van der Waals surface area contributed by atoms with Crippen molar-refractivity contribution in [1.29, 1.82) is 0 Å². The molecule has 11 heteroatoms. The molecular weight excluding hydrogens is 504 g/mol. The molecule has 2 aromatic carbocycles. The standard InChI is InChI=1S/C26H30N6O3SSi/c1-26(35-25(28)34,23-15-32(31-30-23)16-37(2,3)4)19-10-7-17(8-11-19)24(33)29-21-14-18(9-12-20(21)27)22-6-5-13-36-22/h5-15H,16,27H2,1-4H3,(H2,28,34)(H,29,33). The van der Waals surface area contributed by atoms with Crippen molar-refractivity contribution < 1.29 is 14.3 Å². The first-order valence-electron chi connectivity index (χ1n) is 11.7. The molecule has 2 amide bonds. The summed E-state index contributed by atoms with van der Waals surface area (Å²) >= 11 is 1.61. The summed E-state index contributed by atoms with van der Waals surface area (Å²) in [5.74, 6) is -0.319. The van der Waals surface area contributed by atoms with Gasteiger partial charge in [0.2, 0.25) is 0 Å². The molecule has 0 fully saturated rings. The van der Waals surface area contributed by atoms with Gasteiger partial charge in [0, 0.05) is 22.2 Å². The Balaban J connectivity index is 1.58. The SMILES string of the molecule is CC(OC(N)=O)(c1ccc(C(=O)Nc2cc(-c3cccs3)ccc2N)cc1)c1cn(C[Si](C)(C)C)nn1. The van der Waals surface area contributed by atoms with Crippen molar-refractivity contribution in [2.24, 2.45) is 5.73 Å². The molecule has 0 saturated heterocycles. The fourth-order valence-corrected chi connectivity index (χ4v) is 5.79. The van der Waals surface area contributed by atoms with E-state index in [1.165, 1.54) is 0 Å². The Morgan fingerprint density at radius 2 is 1.86 bits per heavy atom. The smallest absolute Gasteiger partial charge is 0.405 e. The highest BCUT2D eigenvalue weighted by Crippen LogP contribution is 2.33. The summed E-state index contributed by atoms with van der Waals surface area (Å²) in [6.45, 7) is 8.38. The van der Waals surface area contributed by atoms with Gasteiger partial charge in [-0.1, -0.05) is 49.1 Å². The maximum atomic E-state index is 13.0. The highest BCUT2D eigenvalue weighted by atomic mass is 32.1. The van der Waals surface area contributed by atoms with E-state index >= 15 is 0 Å². The van der Waals surface area contributed by atoms with Crippen LogP contribution in [0.15, 0.2) is 66.2 Å². The Kier molecular flexibility index (Phi) is 7.19. The maximum absolute atomic E-state index is 13.0. The van der Waals surface area contributed by atoms with E-state index in [-0.39, 0.29) is 5.91 Å². The van der Waals surface area contributed by atoms with Crippen LogP contribution in [0.2, 0.25) is 19.6 Å². The molecule has 2 heterocycles. The minimum atomic E-state index is -1.46. The number of benzene rings is 2. The highest BCUT2D eigenvalue weighted by Gasteiger charge is 2.36. The fraction of sp³-hybridized carbons (Fsp3) is 0.231. The number of rotatable bonds is 8. The molecule has 0 aliphatic rings. The number of ether oxygens (including phenoxy) is 1. The summed E-state index contributed by atoms with van der Waals surface area (Å²) < 4.78 is 7.30. The van der Waals surface area contributed by atoms with Gasteiger partial charge in [-0.25, -0.2) is 4.79 Å². The lowest BCUT2D eigenvalue weighted by Gasteiger charge is -2.27. The molecule has 2 aromatic heterocycles. The Bertz CT molecular complexity index is 1410. The number of carbonyl (C=O) groups is 2. The van der Waals surface area contributed by atoms with Crippen LogP contribution in [-0.4, -0.2) is 35.1 Å². The van der Waals surface area contributed by atoms with Crippen LogP contribution in [0.4, 0.5) is 16.2 Å². The van der Waals surface area contributed by atoms with Gasteiger partial charge in [-0.2, -0.15) is 0 Å². The molecule has 5 N–H and O–H groups in total. The van der Waals surface area contributed by atoms with Crippen LogP contribution in [0.3, 0.4) is 0 Å². The van der Waals surface area contributed by atoms with Crippen LogP contribution in [0, 0.1) is 0 Å². The van der Waals surface area contributed by atoms with Gasteiger partial charge in [0.1, 0.15) is 5.69 Å². The third-order valence-corrected chi connectivity index (χ3v) is 7.97. The van der Waals surface area contributed by atoms with Gasteiger partial charge < -0.3 is 21.5 Å². The number of thiophene rings is 1. The highest BCUT2D eigenvalue weighted by molar-refractivity contribution is 7.13. The largest absolute Gasteiger partial charge is 0.432 e. The molecule has 0 bridgehead atoms. The Morgan fingerprint density at radius 3 is 2.49 bits per heavy atom. The average molecular weight is 535 g/mol. The molecule has 4 rings (SSSR count). The van der Waals surface area contributed by atoms with Crippen molar-refractivity contribution in [1.82, 2.24) is 15.0 Å². The lowest BCUT2D eigenvalue weighted by Crippen LogP contribution is -2.33. The van der Waals surface area contributed by atoms with Gasteiger partial charge >= 0.3 is 6.09 Å². The molecule has 4 aromatic rings. The molecule has 37 heavy (non-hydrogen) atoms. The van der Waals surface area contributed by atoms with E-state index in [0.717, 1.165) is 16.6 Å². The van der Waals surface area contributed by atoms with Gasteiger partial charge in [0.15, 0.2) is 5.60 Å². The second-order valence-corrected chi connectivity index (χ2v) is 16.5. The van der Waals surface area contributed by atoms with E-state index in [9.17, 15) is 9.59 Å². The molecule has 0 spiro atoms. The van der Waals surface area contributed by atoms with E-state index in [1.807, 2.05) is 29.6 Å². The maximum Gasteiger partial charge on any atom is 0.405 e. The third kappa shape index (κ3) is 6.06. The summed E-state index contributed by atoms with van der Waals surface area (Å²) in [4.78, 5) is 25.9. The summed E-state index contributed by atoms with van der Waals surface area (Å²) in [6.07, 6.45) is 1.60. The monoisotopic (exact) mass is 534 g/mol. The summed E-state index contributed by atoms with van der Waals surface area (Å²) in [7, 11) is -1.46. The first-order chi connectivity index (χ1) is 17.4. The van der Waals surface area contributed by atoms with Gasteiger partial charge in [-0.3, -0.25) is 9.48 Å². The van der Waals surface area contributed by atoms with Crippen LogP contribution in [0.5, 0.6) is 0 Å². The van der Waals surface area contributed by atoms with Crippen molar-refractivity contribution >= 4 is 42.8 Å². The van der Waals surface area contributed by atoms with Gasteiger partial charge in [-0.15, -0.1) is 16.4 Å². The number of anilines is 2. The van der Waals surface area contributed by atoms with Gasteiger partial charge in [0.05, 0.1) is 25.6 Å². The minimum Gasteiger partial charge on any atom is -0.432 e. The fourth-order valence-electron chi connectivity index (χ4n) is 3.94. The van der Waals surface area contributed by atoms with Crippen LogP contribution >= 0.6 is 11.3 Å². The lowest BCUT2D eigenvalue weighted by molar-refractivity contribution is 0.0563. The molecule has 1 atom stereocenters. The number of nitrogens with one attached hydrogen (secondary N) is 1. The van der Waals surface area contributed by atoms with Crippen molar-refractivity contribution in [2.75, 3.05) is 11.1 Å². The van der Waals surface area contributed by atoms with Crippen molar-refractivity contribution in [3.8, 4) is 10.4 Å². The number of hydrogen-bond acceptors (Lipinski definition) is 7. The number of amides is 2. The zero-order valence-corrected chi connectivity index (χ0v) is 23.0. The lowest BCUT2D eigenvalue weighted by atomic mass is 9.91. The third-order valence-electron chi connectivity index (χ3n) is 5.77. The van der Waals surface area contributed by atoms with Gasteiger partial charge in [0.25, 0.3) is 5.91 Å². The summed E-state index contributed by atoms with van der Waals surface area (Å²) in [5.41, 5.74) is 13.7. The predicted molar refractivity (Wildman–Crippen MR) is 149 cm³/mol. The minimum absolute atomic E-state index is 0.319. The van der Waals surface area contributed by atoms with Crippen LogP contribution < -0.4 is 16.8 Å². The van der Waals surface area contributed by atoms with E-state index in [2.05, 4.69) is 35.3 Å². The number of aromatic nitrogens is 3. The Hall–Kier alpha value is -3.96. The average Bonchev–Trinajstić information content (AvgIpc) is 3.52. The van der Waals surface area contributed by atoms with E-state index in [4.69, 9.17) is 16.2 Å². The van der Waals surface area contributed by atoms with E-state index in [0.29, 0.717) is 28.2 Å². The van der Waals surface area contributed by atoms with Crippen LogP contribution in [0.1, 0.15) is 28.5 Å². The Morgan fingerprint density at radius 1 is 1.14 bits per heavy atom. The van der Waals surface area contributed by atoms with E-state index in [1.54, 1.807) is 59.5 Å². The molecule has 0 saturated carbocycles. The summed E-state index contributed by atoms with van der Waals surface area (Å²) in [5, 5.41) is 13.4. The predicted octanol–water partition coefficient (Wildman–Crippen LogP) is 5.08. The van der Waals surface area contributed by atoms with Crippen molar-refractivity contribution in [3.63, 3.8) is 0 Å². The Labute approximate surface area is 220 Å². The van der Waals surface area contributed by atoms with E-state index < -0.39 is 19.8 Å². The topological polar surface area (TPSA) is 138 Å². The van der Waals surface area contributed by atoms with Crippen LogP contribution in [0.25, 0.3) is 10.4 Å². The molecule has 192 valence electrons. The second-order valence-electron chi connectivity index (χ2n) is 10.1. The molecule has 9 nitrogen and oxygen atoms in total. The molecule has 0 aliphatic carbocycles. The normalized spacial score (nSPS) is 13.1. The number of primary amides is 1. The molecule has 1 unspecified atom stereocenters. The van der Waals surface area contributed by atoms with Crippen molar-refractivity contribution in [3.05, 3.63) is 83.0 Å². The first kappa shape index (κ1) is 26.1. The van der Waals surface area contributed by atoms with Crippen LogP contribution in [-0.2, 0) is 16.5 Å². The quantitative estimate of drug-likeness (QED) is 0.213. The summed E-state index contributed by atoms with van der Waals surface area (Å²) in [6, 6.07) is 16.3. The zero-order valence-electron chi connectivity index (χ0n) is 21.2. The number of hydrogen-bond donors (Lipinski definition) is 3. The van der Waals surface area contributed by atoms with Gasteiger partial charge in [-0.05, 0) is 48.2 Å². The first-order valence-corrected chi connectivity index (χ1v) is 16.3. The number of carbonyl (C=O) groups excluding carboxylic acids is 2. The molecular formula is C26H30N6O3SSi. The number of nitrogens with two attached hydrogens (primary N) is 2. The molecule has 0 radical (unpaired) electrons. The second kappa shape index (κ2) is 10.2. The van der Waals surface area contributed by atoms with Crippen molar-refractivity contribution in [2.45, 2.75) is 38.3 Å². The number of nitrogen functional groups attached to an aromatic ring is 1. The number of nitrogens with zero attached hydrogens (tertiary/aromatic N) is 3. The zero-order chi connectivity index (χ0) is 26.8. The molecule has 0 aliphatic heterocycles.